The largest absolute Gasteiger partial charge is 0.405 e. The summed E-state index contributed by atoms with van der Waals surface area (Å²) in [4.78, 5) is 1.77. The zero-order valence-corrected chi connectivity index (χ0v) is 10.6. The number of nitriles is 1. The minimum atomic E-state index is -4.45. The summed E-state index contributed by atoms with van der Waals surface area (Å²) in [6, 6.07) is 1.46. The summed E-state index contributed by atoms with van der Waals surface area (Å²) >= 11 is 0. The SMILES string of the molecule is CCN(CC(C#N)C(F)(F)F)C1CCCC1CN. The van der Waals surface area contributed by atoms with E-state index in [1.807, 2.05) is 6.92 Å². The van der Waals surface area contributed by atoms with Crippen LogP contribution in [0.15, 0.2) is 0 Å². The highest BCUT2D eigenvalue weighted by Gasteiger charge is 2.42. The second-order valence-electron chi connectivity index (χ2n) is 4.80. The third-order valence-corrected chi connectivity index (χ3v) is 3.76. The normalized spacial score (nSPS) is 26.3. The Balaban J connectivity index is 2.69. The zero-order valence-electron chi connectivity index (χ0n) is 10.6. The van der Waals surface area contributed by atoms with Crippen LogP contribution in [0.1, 0.15) is 26.2 Å². The quantitative estimate of drug-likeness (QED) is 0.826. The maximum Gasteiger partial charge on any atom is 0.405 e. The molecule has 0 aromatic rings. The number of rotatable bonds is 5. The maximum absolute atomic E-state index is 12.6. The van der Waals surface area contributed by atoms with E-state index >= 15 is 0 Å². The van der Waals surface area contributed by atoms with Gasteiger partial charge in [0.25, 0.3) is 0 Å². The van der Waals surface area contributed by atoms with Gasteiger partial charge in [-0.1, -0.05) is 13.3 Å². The van der Waals surface area contributed by atoms with Crippen LogP contribution < -0.4 is 5.73 Å². The van der Waals surface area contributed by atoms with Crippen molar-refractivity contribution < 1.29 is 13.2 Å². The first-order valence-electron chi connectivity index (χ1n) is 6.34. The summed E-state index contributed by atoms with van der Waals surface area (Å²) in [6.07, 6.45) is -1.59. The van der Waals surface area contributed by atoms with Crippen LogP contribution in [0, 0.1) is 23.2 Å². The molecule has 0 amide bonds. The van der Waals surface area contributed by atoms with Crippen LogP contribution in [-0.4, -0.2) is 36.8 Å². The van der Waals surface area contributed by atoms with Gasteiger partial charge < -0.3 is 5.73 Å². The molecule has 0 spiro atoms. The summed E-state index contributed by atoms with van der Waals surface area (Å²) in [5, 5.41) is 8.65. The number of hydrogen-bond acceptors (Lipinski definition) is 3. The molecule has 0 aromatic heterocycles. The van der Waals surface area contributed by atoms with Gasteiger partial charge in [-0.3, -0.25) is 4.90 Å². The minimum absolute atomic E-state index is 0.0956. The van der Waals surface area contributed by atoms with Crippen molar-refractivity contribution in [2.75, 3.05) is 19.6 Å². The first-order chi connectivity index (χ1) is 8.43. The molecule has 0 bridgehead atoms. The molecule has 1 fully saturated rings. The van der Waals surface area contributed by atoms with Crippen LogP contribution in [0.5, 0.6) is 0 Å². The van der Waals surface area contributed by atoms with Crippen LogP contribution >= 0.6 is 0 Å². The van der Waals surface area contributed by atoms with Gasteiger partial charge in [-0.05, 0) is 31.8 Å². The average molecular weight is 263 g/mol. The zero-order chi connectivity index (χ0) is 13.8. The van der Waals surface area contributed by atoms with E-state index in [1.54, 1.807) is 4.90 Å². The van der Waals surface area contributed by atoms with E-state index in [9.17, 15) is 13.2 Å². The number of nitrogens with zero attached hydrogens (tertiary/aromatic N) is 2. The Morgan fingerprint density at radius 1 is 1.44 bits per heavy atom. The lowest BCUT2D eigenvalue weighted by atomic mass is 10.0. The van der Waals surface area contributed by atoms with Crippen molar-refractivity contribution >= 4 is 0 Å². The topological polar surface area (TPSA) is 53.0 Å². The second-order valence-corrected chi connectivity index (χ2v) is 4.80. The highest BCUT2D eigenvalue weighted by molar-refractivity contribution is 4.94. The molecular weight excluding hydrogens is 243 g/mol. The molecule has 1 aliphatic carbocycles. The van der Waals surface area contributed by atoms with Gasteiger partial charge in [-0.15, -0.1) is 0 Å². The van der Waals surface area contributed by atoms with Gasteiger partial charge in [0.2, 0.25) is 0 Å². The molecule has 2 N–H and O–H groups in total. The molecule has 3 unspecified atom stereocenters. The summed E-state index contributed by atoms with van der Waals surface area (Å²) in [5.74, 6) is -1.64. The van der Waals surface area contributed by atoms with E-state index in [4.69, 9.17) is 11.0 Å². The van der Waals surface area contributed by atoms with Gasteiger partial charge in [0.1, 0.15) is 0 Å². The molecule has 0 aliphatic heterocycles. The van der Waals surface area contributed by atoms with Crippen molar-refractivity contribution in [3.05, 3.63) is 0 Å². The molecule has 1 saturated carbocycles. The van der Waals surface area contributed by atoms with E-state index in [1.165, 1.54) is 6.07 Å². The Labute approximate surface area is 106 Å². The summed E-state index contributed by atoms with van der Waals surface area (Å²) in [6.45, 7) is 2.62. The third kappa shape index (κ3) is 3.59. The molecule has 0 aromatic carbocycles. The fraction of sp³-hybridized carbons (Fsp3) is 0.917. The minimum Gasteiger partial charge on any atom is -0.330 e. The van der Waals surface area contributed by atoms with Gasteiger partial charge in [0, 0.05) is 12.6 Å². The third-order valence-electron chi connectivity index (χ3n) is 3.76. The standard InChI is InChI=1S/C12H20F3N3/c1-2-18(8-10(7-17)12(13,14)15)11-5-3-4-9(11)6-16/h9-11H,2-6,8,16H2,1H3. The van der Waals surface area contributed by atoms with Crippen molar-refractivity contribution in [2.45, 2.75) is 38.4 Å². The maximum atomic E-state index is 12.6. The summed E-state index contributed by atoms with van der Waals surface area (Å²) < 4.78 is 37.8. The van der Waals surface area contributed by atoms with Crippen LogP contribution in [0.3, 0.4) is 0 Å². The Morgan fingerprint density at radius 2 is 2.11 bits per heavy atom. The Hall–Kier alpha value is -0.800. The summed E-state index contributed by atoms with van der Waals surface area (Å²) in [5.41, 5.74) is 5.65. The molecule has 18 heavy (non-hydrogen) atoms. The average Bonchev–Trinajstić information content (AvgIpc) is 2.77. The molecule has 0 heterocycles. The van der Waals surface area contributed by atoms with Gasteiger partial charge >= 0.3 is 6.18 Å². The van der Waals surface area contributed by atoms with Crippen LogP contribution in [0.25, 0.3) is 0 Å². The lowest BCUT2D eigenvalue weighted by molar-refractivity contribution is -0.164. The predicted octanol–water partition coefficient (Wildman–Crippen LogP) is 2.14. The fourth-order valence-electron chi connectivity index (χ4n) is 2.72. The molecule has 3 nitrogen and oxygen atoms in total. The molecule has 1 aliphatic rings. The van der Waals surface area contributed by atoms with E-state index in [0.717, 1.165) is 19.3 Å². The van der Waals surface area contributed by atoms with Crippen molar-refractivity contribution in [3.8, 4) is 6.07 Å². The van der Waals surface area contributed by atoms with Gasteiger partial charge in [-0.25, -0.2) is 0 Å². The van der Waals surface area contributed by atoms with E-state index in [0.29, 0.717) is 13.1 Å². The molecule has 6 heteroatoms. The molecule has 104 valence electrons. The van der Waals surface area contributed by atoms with Crippen molar-refractivity contribution in [1.82, 2.24) is 4.90 Å². The first-order valence-corrected chi connectivity index (χ1v) is 6.34. The second kappa shape index (κ2) is 6.39. The molecule has 1 rings (SSSR count). The number of alkyl halides is 3. The lowest BCUT2D eigenvalue weighted by Crippen LogP contribution is -2.45. The Kier molecular flexibility index (Phi) is 5.42. The first kappa shape index (κ1) is 15.3. The van der Waals surface area contributed by atoms with Crippen LogP contribution in [0.2, 0.25) is 0 Å². The highest BCUT2D eigenvalue weighted by atomic mass is 19.4. The predicted molar refractivity (Wildman–Crippen MR) is 62.6 cm³/mol. The molecule has 3 atom stereocenters. The summed E-state index contributed by atoms with van der Waals surface area (Å²) in [7, 11) is 0. The number of nitrogens with two attached hydrogens (primary N) is 1. The highest BCUT2D eigenvalue weighted by Crippen LogP contribution is 2.32. The van der Waals surface area contributed by atoms with Crippen LogP contribution in [0.4, 0.5) is 13.2 Å². The smallest absolute Gasteiger partial charge is 0.330 e. The van der Waals surface area contributed by atoms with Gasteiger partial charge in [0.15, 0.2) is 5.92 Å². The van der Waals surface area contributed by atoms with Crippen LogP contribution in [-0.2, 0) is 0 Å². The molecule has 0 radical (unpaired) electrons. The molecular formula is C12H20F3N3. The van der Waals surface area contributed by atoms with Gasteiger partial charge in [-0.2, -0.15) is 18.4 Å². The Bertz CT molecular complexity index is 298. The van der Waals surface area contributed by atoms with Crippen molar-refractivity contribution in [1.29, 1.82) is 5.26 Å². The number of hydrogen-bond donors (Lipinski definition) is 1. The Morgan fingerprint density at radius 3 is 2.56 bits per heavy atom. The van der Waals surface area contributed by atoms with E-state index in [2.05, 4.69) is 0 Å². The lowest BCUT2D eigenvalue weighted by Gasteiger charge is -2.33. The van der Waals surface area contributed by atoms with E-state index in [-0.39, 0.29) is 18.5 Å². The van der Waals surface area contributed by atoms with Crippen molar-refractivity contribution in [2.24, 2.45) is 17.6 Å². The monoisotopic (exact) mass is 263 g/mol. The number of halogens is 3. The van der Waals surface area contributed by atoms with E-state index < -0.39 is 12.1 Å². The van der Waals surface area contributed by atoms with Gasteiger partial charge in [0.05, 0.1) is 6.07 Å². The fourth-order valence-corrected chi connectivity index (χ4v) is 2.72. The molecule has 0 saturated heterocycles. The van der Waals surface area contributed by atoms with Crippen molar-refractivity contribution in [3.63, 3.8) is 0 Å².